The standard InChI is InChI=1S/C17H18FNO2/c1-10(2)14-6-12(18)7-15(16(14)8-17(20)21)13-4-5-19-9-11(13)3/h4-7,9-10H,8H2,1-3H3,(H,20,21). The first-order valence-electron chi connectivity index (χ1n) is 6.85. The largest absolute Gasteiger partial charge is 0.481 e. The maximum absolute atomic E-state index is 14.0. The van der Waals surface area contributed by atoms with E-state index in [2.05, 4.69) is 4.98 Å². The molecule has 1 N–H and O–H groups in total. The summed E-state index contributed by atoms with van der Waals surface area (Å²) in [6.45, 7) is 5.75. The lowest BCUT2D eigenvalue weighted by Gasteiger charge is -2.18. The summed E-state index contributed by atoms with van der Waals surface area (Å²) in [5, 5.41) is 9.18. The zero-order valence-corrected chi connectivity index (χ0v) is 12.4. The first kappa shape index (κ1) is 15.2. The van der Waals surface area contributed by atoms with Crippen molar-refractivity contribution in [2.75, 3.05) is 0 Å². The molecule has 3 nitrogen and oxygen atoms in total. The van der Waals surface area contributed by atoms with Crippen LogP contribution in [0, 0.1) is 12.7 Å². The number of rotatable bonds is 4. The molecule has 0 amide bonds. The monoisotopic (exact) mass is 287 g/mol. The minimum Gasteiger partial charge on any atom is -0.481 e. The second-order valence-electron chi connectivity index (χ2n) is 5.44. The molecule has 0 spiro atoms. The molecule has 0 atom stereocenters. The maximum Gasteiger partial charge on any atom is 0.307 e. The zero-order valence-electron chi connectivity index (χ0n) is 12.4. The topological polar surface area (TPSA) is 50.2 Å². The van der Waals surface area contributed by atoms with Crippen molar-refractivity contribution in [3.8, 4) is 11.1 Å². The van der Waals surface area contributed by atoms with E-state index in [-0.39, 0.29) is 18.2 Å². The average Bonchev–Trinajstić information content (AvgIpc) is 2.40. The highest BCUT2D eigenvalue weighted by atomic mass is 19.1. The van der Waals surface area contributed by atoms with Crippen LogP contribution < -0.4 is 0 Å². The van der Waals surface area contributed by atoms with Gasteiger partial charge in [-0.2, -0.15) is 0 Å². The van der Waals surface area contributed by atoms with Gasteiger partial charge in [0.2, 0.25) is 0 Å². The molecule has 1 aromatic heterocycles. The molecule has 0 saturated carbocycles. The third-order valence-electron chi connectivity index (χ3n) is 3.51. The number of hydrogen-bond donors (Lipinski definition) is 1. The fraction of sp³-hybridized carbons (Fsp3) is 0.294. The molecular formula is C17H18FNO2. The summed E-state index contributed by atoms with van der Waals surface area (Å²) >= 11 is 0. The lowest BCUT2D eigenvalue weighted by Crippen LogP contribution is -2.08. The van der Waals surface area contributed by atoms with E-state index in [0.717, 1.165) is 16.7 Å². The number of aryl methyl sites for hydroxylation is 1. The zero-order chi connectivity index (χ0) is 15.6. The van der Waals surface area contributed by atoms with Crippen molar-refractivity contribution >= 4 is 5.97 Å². The van der Waals surface area contributed by atoms with Gasteiger partial charge in [0.25, 0.3) is 0 Å². The quantitative estimate of drug-likeness (QED) is 0.926. The Kier molecular flexibility index (Phi) is 4.36. The maximum atomic E-state index is 14.0. The molecule has 21 heavy (non-hydrogen) atoms. The van der Waals surface area contributed by atoms with Crippen LogP contribution in [0.3, 0.4) is 0 Å². The number of nitrogens with zero attached hydrogens (tertiary/aromatic N) is 1. The highest BCUT2D eigenvalue weighted by Crippen LogP contribution is 2.33. The Morgan fingerprint density at radius 3 is 2.62 bits per heavy atom. The van der Waals surface area contributed by atoms with E-state index in [4.69, 9.17) is 0 Å². The minimum absolute atomic E-state index is 0.0518. The molecule has 2 rings (SSSR count). The van der Waals surface area contributed by atoms with E-state index in [9.17, 15) is 14.3 Å². The Labute approximate surface area is 123 Å². The van der Waals surface area contributed by atoms with Crippen LogP contribution in [0.25, 0.3) is 11.1 Å². The van der Waals surface area contributed by atoms with Gasteiger partial charge in [0.15, 0.2) is 0 Å². The van der Waals surface area contributed by atoms with Crippen LogP contribution in [0.2, 0.25) is 0 Å². The molecular weight excluding hydrogens is 269 g/mol. The van der Waals surface area contributed by atoms with Crippen molar-refractivity contribution in [1.82, 2.24) is 4.98 Å². The molecule has 0 aliphatic rings. The van der Waals surface area contributed by atoms with Gasteiger partial charge < -0.3 is 5.11 Å². The Hall–Kier alpha value is -2.23. The van der Waals surface area contributed by atoms with Crippen LogP contribution in [0.5, 0.6) is 0 Å². The molecule has 0 saturated heterocycles. The van der Waals surface area contributed by atoms with Gasteiger partial charge in [-0.1, -0.05) is 13.8 Å². The van der Waals surface area contributed by atoms with Gasteiger partial charge in [-0.15, -0.1) is 0 Å². The first-order valence-corrected chi connectivity index (χ1v) is 6.85. The fourth-order valence-corrected chi connectivity index (χ4v) is 2.54. The second kappa shape index (κ2) is 6.04. The van der Waals surface area contributed by atoms with Crippen molar-refractivity contribution < 1.29 is 14.3 Å². The number of benzene rings is 1. The molecule has 0 unspecified atom stereocenters. The summed E-state index contributed by atoms with van der Waals surface area (Å²) in [4.78, 5) is 15.2. The highest BCUT2D eigenvalue weighted by molar-refractivity contribution is 5.79. The number of aromatic nitrogens is 1. The van der Waals surface area contributed by atoms with Crippen LogP contribution in [-0.2, 0) is 11.2 Å². The normalized spacial score (nSPS) is 10.9. The van der Waals surface area contributed by atoms with Gasteiger partial charge in [0, 0.05) is 12.4 Å². The molecule has 0 radical (unpaired) electrons. The van der Waals surface area contributed by atoms with E-state index in [0.29, 0.717) is 11.1 Å². The summed E-state index contributed by atoms with van der Waals surface area (Å²) in [7, 11) is 0. The average molecular weight is 287 g/mol. The van der Waals surface area contributed by atoms with Crippen LogP contribution in [-0.4, -0.2) is 16.1 Å². The van der Waals surface area contributed by atoms with E-state index in [1.54, 1.807) is 18.5 Å². The molecule has 0 aliphatic carbocycles. The van der Waals surface area contributed by atoms with Crippen molar-refractivity contribution in [3.05, 3.63) is 53.1 Å². The number of carbonyl (C=O) groups is 1. The summed E-state index contributed by atoms with van der Waals surface area (Å²) < 4.78 is 14.0. The minimum atomic E-state index is -0.920. The molecule has 4 heteroatoms. The Balaban J connectivity index is 2.74. The smallest absolute Gasteiger partial charge is 0.307 e. The van der Waals surface area contributed by atoms with Crippen molar-refractivity contribution in [1.29, 1.82) is 0 Å². The SMILES string of the molecule is Cc1cnccc1-c1cc(F)cc(C(C)C)c1CC(=O)O. The molecule has 0 fully saturated rings. The van der Waals surface area contributed by atoms with Gasteiger partial charge in [-0.3, -0.25) is 9.78 Å². The van der Waals surface area contributed by atoms with Crippen LogP contribution in [0.15, 0.2) is 30.6 Å². The third kappa shape index (κ3) is 3.27. The fourth-order valence-electron chi connectivity index (χ4n) is 2.54. The van der Waals surface area contributed by atoms with E-state index in [1.165, 1.54) is 12.1 Å². The van der Waals surface area contributed by atoms with Crippen LogP contribution in [0.4, 0.5) is 4.39 Å². The Bertz CT molecular complexity index is 680. The predicted molar refractivity (Wildman–Crippen MR) is 79.8 cm³/mol. The molecule has 110 valence electrons. The van der Waals surface area contributed by atoms with Gasteiger partial charge in [0.05, 0.1) is 6.42 Å². The number of aliphatic carboxylic acids is 1. The van der Waals surface area contributed by atoms with E-state index < -0.39 is 5.97 Å². The Morgan fingerprint density at radius 1 is 1.33 bits per heavy atom. The lowest BCUT2D eigenvalue weighted by atomic mass is 9.87. The van der Waals surface area contributed by atoms with Gasteiger partial charge in [0.1, 0.15) is 5.82 Å². The van der Waals surface area contributed by atoms with E-state index >= 15 is 0 Å². The van der Waals surface area contributed by atoms with E-state index in [1.807, 2.05) is 20.8 Å². The first-order chi connectivity index (χ1) is 9.90. The third-order valence-corrected chi connectivity index (χ3v) is 3.51. The Morgan fingerprint density at radius 2 is 2.05 bits per heavy atom. The molecule has 1 aromatic carbocycles. The second-order valence-corrected chi connectivity index (χ2v) is 5.44. The van der Waals surface area contributed by atoms with Gasteiger partial charge in [-0.05, 0) is 58.9 Å². The van der Waals surface area contributed by atoms with Crippen molar-refractivity contribution in [2.45, 2.75) is 33.1 Å². The van der Waals surface area contributed by atoms with Crippen LogP contribution >= 0.6 is 0 Å². The summed E-state index contributed by atoms with van der Waals surface area (Å²) in [6, 6.07) is 4.63. The van der Waals surface area contributed by atoms with Crippen LogP contribution in [0.1, 0.15) is 36.5 Å². The van der Waals surface area contributed by atoms with Crippen molar-refractivity contribution in [3.63, 3.8) is 0 Å². The number of carboxylic acid groups (broad SMARTS) is 1. The number of pyridine rings is 1. The highest BCUT2D eigenvalue weighted by Gasteiger charge is 2.18. The molecule has 1 heterocycles. The summed E-state index contributed by atoms with van der Waals surface area (Å²) in [6.07, 6.45) is 3.21. The lowest BCUT2D eigenvalue weighted by molar-refractivity contribution is -0.136. The predicted octanol–water partition coefficient (Wildman–Crippen LogP) is 3.95. The molecule has 0 aliphatic heterocycles. The summed E-state index contributed by atoms with van der Waals surface area (Å²) in [5.41, 5.74) is 3.77. The number of halogens is 1. The number of carboxylic acids is 1. The molecule has 0 bridgehead atoms. The molecule has 2 aromatic rings. The van der Waals surface area contributed by atoms with Gasteiger partial charge in [-0.25, -0.2) is 4.39 Å². The van der Waals surface area contributed by atoms with Crippen molar-refractivity contribution in [2.24, 2.45) is 0 Å². The summed E-state index contributed by atoms with van der Waals surface area (Å²) in [5.74, 6) is -1.22. The van der Waals surface area contributed by atoms with Gasteiger partial charge >= 0.3 is 5.97 Å². The number of hydrogen-bond acceptors (Lipinski definition) is 2.